The summed E-state index contributed by atoms with van der Waals surface area (Å²) in [7, 11) is 2.78. The molecule has 0 aliphatic heterocycles. The van der Waals surface area contributed by atoms with Crippen LogP contribution in [0.4, 0.5) is 0 Å². The molecule has 2 aromatic rings. The molecule has 5 heteroatoms. The molecule has 0 unspecified atom stereocenters. The molecule has 0 aliphatic carbocycles. The summed E-state index contributed by atoms with van der Waals surface area (Å²) in [5.41, 5.74) is 0.223. The molecule has 0 heterocycles. The monoisotopic (exact) mass is 274 g/mol. The molecular weight excluding hydrogens is 260 g/mol. The number of aromatic hydroxyl groups is 1. The van der Waals surface area contributed by atoms with E-state index in [2.05, 4.69) is 0 Å². The van der Waals surface area contributed by atoms with Crippen molar-refractivity contribution in [2.75, 3.05) is 14.2 Å². The molecular formula is C15H14O5. The fourth-order valence-electron chi connectivity index (χ4n) is 1.67. The van der Waals surface area contributed by atoms with Gasteiger partial charge in [-0.3, -0.25) is 0 Å². The van der Waals surface area contributed by atoms with Crippen LogP contribution < -0.4 is 14.2 Å². The average molecular weight is 274 g/mol. The lowest BCUT2D eigenvalue weighted by atomic mass is 10.2. The quantitative estimate of drug-likeness (QED) is 0.685. The van der Waals surface area contributed by atoms with Gasteiger partial charge in [0.25, 0.3) is 0 Å². The Morgan fingerprint density at radius 2 is 1.55 bits per heavy atom. The first-order chi connectivity index (χ1) is 9.65. The van der Waals surface area contributed by atoms with Crippen molar-refractivity contribution >= 4 is 5.97 Å². The number of methoxy groups -OCH3 is 2. The summed E-state index contributed by atoms with van der Waals surface area (Å²) >= 11 is 0. The number of carbonyl (C=O) groups is 1. The molecule has 0 atom stereocenters. The number of benzene rings is 2. The molecule has 1 N–H and O–H groups in total. The number of ether oxygens (including phenoxy) is 3. The summed E-state index contributed by atoms with van der Waals surface area (Å²) < 4.78 is 15.2. The van der Waals surface area contributed by atoms with E-state index in [9.17, 15) is 9.90 Å². The maximum Gasteiger partial charge on any atom is 0.343 e. The van der Waals surface area contributed by atoms with Gasteiger partial charge in [-0.2, -0.15) is 0 Å². The third-order valence-corrected chi connectivity index (χ3v) is 2.67. The predicted molar refractivity (Wildman–Crippen MR) is 72.6 cm³/mol. The zero-order valence-electron chi connectivity index (χ0n) is 11.1. The first-order valence-corrected chi connectivity index (χ1v) is 5.88. The maximum absolute atomic E-state index is 12.0. The maximum atomic E-state index is 12.0. The number of hydrogen-bond donors (Lipinski definition) is 1. The third-order valence-electron chi connectivity index (χ3n) is 2.67. The van der Waals surface area contributed by atoms with Crippen LogP contribution in [0.2, 0.25) is 0 Å². The van der Waals surface area contributed by atoms with E-state index in [1.807, 2.05) is 6.07 Å². The average Bonchev–Trinajstić information content (AvgIpc) is 2.48. The van der Waals surface area contributed by atoms with Gasteiger partial charge in [0, 0.05) is 0 Å². The van der Waals surface area contributed by atoms with Crippen molar-refractivity contribution in [2.45, 2.75) is 0 Å². The van der Waals surface area contributed by atoms with Crippen molar-refractivity contribution in [1.82, 2.24) is 0 Å². The molecule has 0 aromatic heterocycles. The van der Waals surface area contributed by atoms with Crippen molar-refractivity contribution in [3.05, 3.63) is 48.0 Å². The Hall–Kier alpha value is -2.69. The Morgan fingerprint density at radius 3 is 2.05 bits per heavy atom. The van der Waals surface area contributed by atoms with Gasteiger partial charge >= 0.3 is 5.97 Å². The number of esters is 1. The van der Waals surface area contributed by atoms with E-state index in [-0.39, 0.29) is 22.8 Å². The molecule has 0 bridgehead atoms. The van der Waals surface area contributed by atoms with E-state index in [0.29, 0.717) is 5.75 Å². The van der Waals surface area contributed by atoms with E-state index in [1.165, 1.54) is 26.4 Å². The fraction of sp³-hybridized carbons (Fsp3) is 0.133. The Bertz CT molecular complexity index is 582. The van der Waals surface area contributed by atoms with Crippen molar-refractivity contribution in [3.63, 3.8) is 0 Å². The number of hydrogen-bond acceptors (Lipinski definition) is 5. The van der Waals surface area contributed by atoms with Gasteiger partial charge in [0.05, 0.1) is 19.8 Å². The van der Waals surface area contributed by atoms with E-state index < -0.39 is 5.97 Å². The predicted octanol–water partition coefficient (Wildman–Crippen LogP) is 2.63. The second kappa shape index (κ2) is 5.97. The topological polar surface area (TPSA) is 65.0 Å². The third kappa shape index (κ3) is 2.83. The lowest BCUT2D eigenvalue weighted by Gasteiger charge is -2.11. The van der Waals surface area contributed by atoms with Gasteiger partial charge < -0.3 is 19.3 Å². The van der Waals surface area contributed by atoms with Crippen LogP contribution in [0.15, 0.2) is 42.5 Å². The molecule has 104 valence electrons. The minimum Gasteiger partial charge on any atom is -0.502 e. The molecule has 0 saturated carbocycles. The number of para-hydroxylation sites is 1. The van der Waals surface area contributed by atoms with E-state index in [1.54, 1.807) is 24.3 Å². The van der Waals surface area contributed by atoms with Crippen LogP contribution in [-0.2, 0) is 0 Å². The second-order valence-electron chi connectivity index (χ2n) is 3.93. The summed E-state index contributed by atoms with van der Waals surface area (Å²) in [6.07, 6.45) is 0. The number of phenols is 1. The minimum atomic E-state index is -0.562. The van der Waals surface area contributed by atoms with Gasteiger partial charge in [0.15, 0.2) is 11.5 Å². The zero-order valence-corrected chi connectivity index (χ0v) is 11.1. The van der Waals surface area contributed by atoms with Crippen LogP contribution in [0.1, 0.15) is 10.4 Å². The smallest absolute Gasteiger partial charge is 0.343 e. The second-order valence-corrected chi connectivity index (χ2v) is 3.93. The first-order valence-electron chi connectivity index (χ1n) is 5.88. The zero-order chi connectivity index (χ0) is 14.5. The Labute approximate surface area is 116 Å². The Balaban J connectivity index is 2.30. The highest BCUT2D eigenvalue weighted by Crippen LogP contribution is 2.37. The SMILES string of the molecule is COc1cc(C(=O)Oc2ccccc2)cc(OC)c1O. The largest absolute Gasteiger partial charge is 0.502 e. The van der Waals surface area contributed by atoms with Crippen LogP contribution in [0.3, 0.4) is 0 Å². The van der Waals surface area contributed by atoms with Gasteiger partial charge in [0.1, 0.15) is 5.75 Å². The first kappa shape index (κ1) is 13.7. The summed E-state index contributed by atoms with van der Waals surface area (Å²) in [5, 5.41) is 9.78. The number of rotatable bonds is 4. The number of carbonyl (C=O) groups excluding carboxylic acids is 1. The van der Waals surface area contributed by atoms with Crippen LogP contribution in [-0.4, -0.2) is 25.3 Å². The number of phenolic OH excluding ortho intramolecular Hbond substituents is 1. The van der Waals surface area contributed by atoms with Crippen LogP contribution >= 0.6 is 0 Å². The molecule has 2 rings (SSSR count). The van der Waals surface area contributed by atoms with E-state index >= 15 is 0 Å². The summed E-state index contributed by atoms with van der Waals surface area (Å²) in [6.45, 7) is 0. The fourth-order valence-corrected chi connectivity index (χ4v) is 1.67. The van der Waals surface area contributed by atoms with Gasteiger partial charge in [-0.15, -0.1) is 0 Å². The highest BCUT2D eigenvalue weighted by atomic mass is 16.5. The summed E-state index contributed by atoms with van der Waals surface area (Å²) in [6, 6.07) is 11.5. The van der Waals surface area contributed by atoms with Gasteiger partial charge in [-0.05, 0) is 24.3 Å². The van der Waals surface area contributed by atoms with Crippen molar-refractivity contribution in [3.8, 4) is 23.0 Å². The molecule has 0 radical (unpaired) electrons. The highest BCUT2D eigenvalue weighted by Gasteiger charge is 2.17. The molecule has 0 amide bonds. The molecule has 2 aromatic carbocycles. The summed E-state index contributed by atoms with van der Waals surface area (Å²) in [5.74, 6) is -0.00343. The molecule has 0 spiro atoms. The highest BCUT2D eigenvalue weighted by molar-refractivity contribution is 5.92. The minimum absolute atomic E-state index is 0.143. The van der Waals surface area contributed by atoms with Crippen molar-refractivity contribution in [2.24, 2.45) is 0 Å². The normalized spacial score (nSPS) is 9.90. The Kier molecular flexibility index (Phi) is 4.10. The lowest BCUT2D eigenvalue weighted by molar-refractivity contribution is 0.0734. The molecule has 0 saturated heterocycles. The Morgan fingerprint density at radius 1 is 1.00 bits per heavy atom. The van der Waals surface area contributed by atoms with Crippen molar-refractivity contribution in [1.29, 1.82) is 0 Å². The molecule has 0 fully saturated rings. The summed E-state index contributed by atoms with van der Waals surface area (Å²) in [4.78, 5) is 12.0. The standard InChI is InChI=1S/C15H14O5/c1-18-12-8-10(9-13(19-2)14(12)16)15(17)20-11-6-4-3-5-7-11/h3-9,16H,1-2H3. The molecule has 20 heavy (non-hydrogen) atoms. The van der Waals surface area contributed by atoms with E-state index in [0.717, 1.165) is 0 Å². The van der Waals surface area contributed by atoms with Crippen LogP contribution in [0.25, 0.3) is 0 Å². The molecule has 0 aliphatic rings. The molecule has 5 nitrogen and oxygen atoms in total. The lowest BCUT2D eigenvalue weighted by Crippen LogP contribution is -2.09. The van der Waals surface area contributed by atoms with E-state index in [4.69, 9.17) is 14.2 Å². The van der Waals surface area contributed by atoms with Crippen molar-refractivity contribution < 1.29 is 24.1 Å². The van der Waals surface area contributed by atoms with Crippen LogP contribution in [0.5, 0.6) is 23.0 Å². The van der Waals surface area contributed by atoms with Gasteiger partial charge in [0.2, 0.25) is 5.75 Å². The van der Waals surface area contributed by atoms with Gasteiger partial charge in [-0.1, -0.05) is 18.2 Å². The van der Waals surface area contributed by atoms with Gasteiger partial charge in [-0.25, -0.2) is 4.79 Å². The van der Waals surface area contributed by atoms with Crippen LogP contribution in [0, 0.1) is 0 Å².